The van der Waals surface area contributed by atoms with Crippen molar-refractivity contribution in [1.29, 1.82) is 5.26 Å². The van der Waals surface area contributed by atoms with Crippen LogP contribution in [0.2, 0.25) is 0 Å². The van der Waals surface area contributed by atoms with Crippen LogP contribution in [0.1, 0.15) is 37.0 Å². The highest BCUT2D eigenvalue weighted by Gasteiger charge is 2.22. The number of hydrogen-bond donors (Lipinski definition) is 2. The highest BCUT2D eigenvalue weighted by atomic mass is 127. The van der Waals surface area contributed by atoms with Gasteiger partial charge in [0.1, 0.15) is 16.8 Å². The van der Waals surface area contributed by atoms with E-state index in [4.69, 9.17) is 9.72 Å². The predicted octanol–water partition coefficient (Wildman–Crippen LogP) is 4.51. The lowest BCUT2D eigenvalue weighted by Crippen LogP contribution is -2.48. The number of thiazole rings is 1. The Bertz CT molecular complexity index is 1370. The molecule has 7 nitrogen and oxygen atoms in total. The van der Waals surface area contributed by atoms with Crippen LogP contribution in [0.5, 0.6) is 5.75 Å². The number of nitrogens with one attached hydrogen (secondary N) is 2. The van der Waals surface area contributed by atoms with Gasteiger partial charge in [0.05, 0.1) is 23.1 Å². The van der Waals surface area contributed by atoms with Crippen molar-refractivity contribution in [2.24, 2.45) is 0 Å². The van der Waals surface area contributed by atoms with Gasteiger partial charge in [0.15, 0.2) is 0 Å². The van der Waals surface area contributed by atoms with Gasteiger partial charge in [-0.2, -0.15) is 5.26 Å². The Labute approximate surface area is 232 Å². The van der Waals surface area contributed by atoms with Gasteiger partial charge < -0.3 is 15.0 Å². The molecule has 0 radical (unpaired) electrons. The third-order valence-corrected chi connectivity index (χ3v) is 10.0. The first kappa shape index (κ1) is 26.0. The lowest BCUT2D eigenvalue weighted by Gasteiger charge is -2.27. The molecule has 1 amide bonds. The summed E-state index contributed by atoms with van der Waals surface area (Å²) in [5.41, 5.74) is 5.39. The highest BCUT2D eigenvalue weighted by molar-refractivity contribution is 14.2. The molecular weight excluding hydrogens is 597 g/mol. The van der Waals surface area contributed by atoms with E-state index >= 15 is 0 Å². The van der Waals surface area contributed by atoms with Crippen LogP contribution in [0.25, 0.3) is 21.0 Å². The third kappa shape index (κ3) is 5.93. The van der Waals surface area contributed by atoms with Crippen molar-refractivity contribution in [3.63, 3.8) is 0 Å². The summed E-state index contributed by atoms with van der Waals surface area (Å²) >= 11 is 1.24. The maximum atomic E-state index is 12.5. The number of benzene rings is 2. The topological polar surface area (TPSA) is 90.3 Å². The average molecular weight is 628 g/mol. The molecule has 5 rings (SSSR count). The summed E-state index contributed by atoms with van der Waals surface area (Å²) in [5, 5.41) is 13.8. The maximum Gasteiger partial charge on any atom is 0.237 e. The number of amides is 1. The summed E-state index contributed by atoms with van der Waals surface area (Å²) in [6.45, 7) is 7.69. The van der Waals surface area contributed by atoms with E-state index in [2.05, 4.69) is 33.1 Å². The molecule has 3 aromatic rings. The number of piperazine rings is 1. The SMILES string of the molecule is CC(C)Oc1ccc(-c2ncc(-c3cccc4c3CCC4=INCC(=O)N3CCNCC3)s2)cc1C#N. The summed E-state index contributed by atoms with van der Waals surface area (Å²) in [5.74, 6) is 0.808. The molecule has 0 unspecified atom stereocenters. The molecule has 2 heterocycles. The number of carbonyl (C=O) groups is 1. The predicted molar refractivity (Wildman–Crippen MR) is 157 cm³/mol. The molecule has 2 aromatic carbocycles. The van der Waals surface area contributed by atoms with Gasteiger partial charge >= 0.3 is 0 Å². The highest BCUT2D eigenvalue weighted by Crippen LogP contribution is 2.39. The Morgan fingerprint density at radius 3 is 2.84 bits per heavy atom. The molecule has 2 N–H and O–H groups in total. The smallest absolute Gasteiger partial charge is 0.237 e. The Hall–Kier alpha value is -2.65. The van der Waals surface area contributed by atoms with E-state index in [0.717, 1.165) is 54.5 Å². The average Bonchev–Trinajstić information content (AvgIpc) is 3.57. The van der Waals surface area contributed by atoms with E-state index < -0.39 is 21.0 Å². The first-order valence-electron chi connectivity index (χ1n) is 12.5. The largest absolute Gasteiger partial charge is 0.490 e. The van der Waals surface area contributed by atoms with E-state index in [1.54, 1.807) is 11.3 Å². The van der Waals surface area contributed by atoms with Crippen LogP contribution in [0.4, 0.5) is 0 Å². The van der Waals surface area contributed by atoms with Gasteiger partial charge in [0.25, 0.3) is 0 Å². The maximum absolute atomic E-state index is 12.5. The van der Waals surface area contributed by atoms with Gasteiger partial charge in [-0.1, -0.05) is 18.2 Å². The molecule has 1 aliphatic heterocycles. The Balaban J connectivity index is 1.32. The van der Waals surface area contributed by atoms with Gasteiger partial charge in [0, 0.05) is 41.4 Å². The second-order valence-electron chi connectivity index (χ2n) is 9.29. The van der Waals surface area contributed by atoms with Gasteiger partial charge in [-0.25, -0.2) is 4.98 Å². The van der Waals surface area contributed by atoms with Crippen LogP contribution < -0.4 is 13.6 Å². The molecular formula is C28H30IN5O2S. The molecule has 192 valence electrons. The third-order valence-electron chi connectivity index (χ3n) is 6.41. The molecule has 1 fully saturated rings. The van der Waals surface area contributed by atoms with Crippen molar-refractivity contribution in [2.45, 2.75) is 32.8 Å². The molecule has 9 heteroatoms. The van der Waals surface area contributed by atoms with Crippen molar-refractivity contribution in [2.75, 3.05) is 32.7 Å². The number of aromatic nitrogens is 1. The molecule has 37 heavy (non-hydrogen) atoms. The van der Waals surface area contributed by atoms with E-state index in [-0.39, 0.29) is 12.0 Å². The molecule has 0 spiro atoms. The summed E-state index contributed by atoms with van der Waals surface area (Å²) in [6.07, 6.45) is 4.01. The minimum Gasteiger partial charge on any atom is -0.490 e. The summed E-state index contributed by atoms with van der Waals surface area (Å²) in [4.78, 5) is 20.3. The van der Waals surface area contributed by atoms with E-state index in [9.17, 15) is 10.1 Å². The Morgan fingerprint density at radius 1 is 1.24 bits per heavy atom. The number of fused-ring (bicyclic) bond motifs is 1. The quantitative estimate of drug-likeness (QED) is 0.296. The standard InChI is InChI=1S/C28H30IN5O2S/c1-18(2)36-25-9-6-19(14-20(25)15-30)28-32-16-26(37-28)23-5-3-4-22-21(23)7-8-24(22)29-33-17-27(35)34-12-10-31-11-13-34/h3-6,9,14,16,18,31,33H,7-8,10-13,17H2,1-2H3. The monoisotopic (exact) mass is 627 g/mol. The van der Waals surface area contributed by atoms with Crippen molar-refractivity contribution in [3.8, 4) is 32.8 Å². The summed E-state index contributed by atoms with van der Waals surface area (Å²) in [7, 11) is 0. The number of halogens is 1. The zero-order chi connectivity index (χ0) is 25.8. The van der Waals surface area contributed by atoms with Gasteiger partial charge in [-0.05, 0) is 82.6 Å². The molecule has 0 saturated carbocycles. The normalized spacial score (nSPS) is 16.4. The number of carbonyl (C=O) groups excluding carboxylic acids is 1. The Morgan fingerprint density at radius 2 is 2.05 bits per heavy atom. The molecule has 0 bridgehead atoms. The number of nitriles is 1. The van der Waals surface area contributed by atoms with Crippen LogP contribution in [-0.2, 0) is 11.2 Å². The molecule has 2 aliphatic rings. The van der Waals surface area contributed by atoms with E-state index in [1.807, 2.05) is 43.1 Å². The van der Waals surface area contributed by atoms with E-state index in [0.29, 0.717) is 17.9 Å². The van der Waals surface area contributed by atoms with Crippen LogP contribution in [0.3, 0.4) is 0 Å². The lowest BCUT2D eigenvalue weighted by atomic mass is 10.0. The summed E-state index contributed by atoms with van der Waals surface area (Å²) < 4.78 is 10.7. The van der Waals surface area contributed by atoms with Crippen LogP contribution >= 0.6 is 32.3 Å². The number of rotatable bonds is 7. The minimum absolute atomic E-state index is 0.0108. The Kier molecular flexibility index (Phi) is 8.30. The number of hydrogen-bond acceptors (Lipinski definition) is 7. The number of ether oxygens (including phenoxy) is 1. The fourth-order valence-electron chi connectivity index (χ4n) is 4.65. The molecule has 0 atom stereocenters. The van der Waals surface area contributed by atoms with Crippen molar-refractivity contribution in [1.82, 2.24) is 18.7 Å². The number of nitrogens with zero attached hydrogens (tertiary/aromatic N) is 3. The first-order valence-corrected chi connectivity index (χ1v) is 15.5. The fraction of sp³-hybridized carbons (Fsp3) is 0.357. The minimum atomic E-state index is -0.405. The molecule has 1 aliphatic carbocycles. The molecule has 1 saturated heterocycles. The second-order valence-corrected chi connectivity index (χ2v) is 12.9. The van der Waals surface area contributed by atoms with Crippen molar-refractivity contribution in [3.05, 3.63) is 59.3 Å². The van der Waals surface area contributed by atoms with Gasteiger partial charge in [-0.15, -0.1) is 11.3 Å². The van der Waals surface area contributed by atoms with Crippen LogP contribution in [0.15, 0.2) is 42.6 Å². The van der Waals surface area contributed by atoms with Crippen LogP contribution in [0, 0.1) is 11.3 Å². The van der Waals surface area contributed by atoms with Crippen molar-refractivity contribution >= 4 is 41.8 Å². The second kappa shape index (κ2) is 11.8. The zero-order valence-electron chi connectivity index (χ0n) is 21.0. The van der Waals surface area contributed by atoms with Crippen LogP contribution in [-0.4, -0.2) is 58.1 Å². The fourth-order valence-corrected chi connectivity index (χ4v) is 7.92. The van der Waals surface area contributed by atoms with Gasteiger partial charge in [0.2, 0.25) is 5.91 Å². The zero-order valence-corrected chi connectivity index (χ0v) is 24.0. The van der Waals surface area contributed by atoms with E-state index in [1.165, 1.54) is 20.2 Å². The first-order chi connectivity index (χ1) is 18.0. The van der Waals surface area contributed by atoms with Gasteiger partial charge in [-0.3, -0.25) is 8.32 Å². The molecule has 1 aromatic heterocycles. The lowest BCUT2D eigenvalue weighted by molar-refractivity contribution is -0.130. The summed E-state index contributed by atoms with van der Waals surface area (Å²) in [6, 6.07) is 14.5. The van der Waals surface area contributed by atoms with Crippen molar-refractivity contribution < 1.29 is 9.53 Å².